The highest BCUT2D eigenvalue weighted by atomic mass is 35.5. The number of rotatable bonds is 3. The van der Waals surface area contributed by atoms with Gasteiger partial charge in [-0.3, -0.25) is 0 Å². The molecule has 1 aromatic heterocycles. The zero-order chi connectivity index (χ0) is 12.4. The summed E-state index contributed by atoms with van der Waals surface area (Å²) in [5.41, 5.74) is 0. The number of nitrogens with zero attached hydrogens (tertiary/aromatic N) is 2. The molecule has 0 N–H and O–H groups in total. The van der Waals surface area contributed by atoms with Crippen LogP contribution in [0.1, 0.15) is 44.6 Å². The third-order valence-electron chi connectivity index (χ3n) is 3.78. The summed E-state index contributed by atoms with van der Waals surface area (Å²) in [6.45, 7) is 1.55. The minimum absolute atomic E-state index is 0.257. The summed E-state index contributed by atoms with van der Waals surface area (Å²) in [7, 11) is 0. The van der Waals surface area contributed by atoms with Gasteiger partial charge in [-0.1, -0.05) is 11.6 Å². The molecule has 2 heterocycles. The first-order valence-corrected chi connectivity index (χ1v) is 7.20. The zero-order valence-electron chi connectivity index (χ0n) is 10.5. The number of hydrogen-bond acceptors (Lipinski definition) is 3. The van der Waals surface area contributed by atoms with Crippen LogP contribution in [0.15, 0.2) is 6.20 Å². The molecule has 0 aromatic carbocycles. The van der Waals surface area contributed by atoms with Crippen molar-refractivity contribution in [2.75, 3.05) is 13.2 Å². The quantitative estimate of drug-likeness (QED) is 0.846. The fraction of sp³-hybridized carbons (Fsp3) is 0.769. The van der Waals surface area contributed by atoms with Crippen molar-refractivity contribution in [3.05, 3.63) is 11.3 Å². The molecular formula is C13H19ClN2O2. The summed E-state index contributed by atoms with van der Waals surface area (Å²) in [6.07, 6.45) is 8.99. The van der Waals surface area contributed by atoms with Crippen LogP contribution < -0.4 is 4.74 Å². The molecule has 1 unspecified atom stereocenters. The maximum Gasteiger partial charge on any atom is 0.176 e. The van der Waals surface area contributed by atoms with Crippen molar-refractivity contribution in [3.8, 4) is 5.75 Å². The lowest BCUT2D eigenvalue weighted by Crippen LogP contribution is -2.22. The summed E-state index contributed by atoms with van der Waals surface area (Å²) < 4.78 is 13.2. The van der Waals surface area contributed by atoms with Gasteiger partial charge in [0.25, 0.3) is 0 Å². The lowest BCUT2D eigenvalue weighted by atomic mass is 10.1. The van der Waals surface area contributed by atoms with Gasteiger partial charge in [0, 0.05) is 6.61 Å². The lowest BCUT2D eigenvalue weighted by molar-refractivity contribution is 0.0549. The highest BCUT2D eigenvalue weighted by Crippen LogP contribution is 2.32. The predicted octanol–water partition coefficient (Wildman–Crippen LogP) is 3.21. The van der Waals surface area contributed by atoms with E-state index in [4.69, 9.17) is 21.1 Å². The van der Waals surface area contributed by atoms with Gasteiger partial charge in [-0.2, -0.15) is 5.10 Å². The number of aromatic nitrogens is 2. The molecule has 1 aromatic rings. The molecule has 0 bridgehead atoms. The average molecular weight is 271 g/mol. The van der Waals surface area contributed by atoms with Gasteiger partial charge in [0.1, 0.15) is 0 Å². The molecule has 0 amide bonds. The third kappa shape index (κ3) is 2.50. The Kier molecular flexibility index (Phi) is 3.75. The molecule has 0 radical (unpaired) electrons. The van der Waals surface area contributed by atoms with E-state index in [0.717, 1.165) is 38.0 Å². The third-order valence-corrected chi connectivity index (χ3v) is 4.14. The Morgan fingerprint density at radius 1 is 1.28 bits per heavy atom. The summed E-state index contributed by atoms with van der Waals surface area (Å²) in [5, 5.41) is 4.98. The predicted molar refractivity (Wildman–Crippen MR) is 69.2 cm³/mol. The molecule has 2 fully saturated rings. The van der Waals surface area contributed by atoms with Crippen LogP contribution in [0, 0.1) is 0 Å². The Morgan fingerprint density at radius 2 is 2.11 bits per heavy atom. The number of hydrogen-bond donors (Lipinski definition) is 0. The highest BCUT2D eigenvalue weighted by molar-refractivity contribution is 6.31. The Morgan fingerprint density at radius 3 is 2.83 bits per heavy atom. The lowest BCUT2D eigenvalue weighted by Gasteiger charge is -2.23. The van der Waals surface area contributed by atoms with Crippen molar-refractivity contribution in [1.82, 2.24) is 9.78 Å². The van der Waals surface area contributed by atoms with Crippen molar-refractivity contribution in [3.63, 3.8) is 0 Å². The summed E-state index contributed by atoms with van der Waals surface area (Å²) in [6, 6.07) is 0.257. The van der Waals surface area contributed by atoms with E-state index in [-0.39, 0.29) is 6.04 Å². The van der Waals surface area contributed by atoms with E-state index in [1.165, 1.54) is 12.8 Å². The van der Waals surface area contributed by atoms with Crippen LogP contribution in [0.2, 0.25) is 5.15 Å². The standard InChI is InChI=1S/C13H19ClN2O2/c14-13-12(18-11-5-1-2-6-11)8-15-16(13)10-4-3-7-17-9-10/h8,10-11H,1-7,9H2. The van der Waals surface area contributed by atoms with Gasteiger partial charge in [0.15, 0.2) is 10.9 Å². The minimum atomic E-state index is 0.257. The van der Waals surface area contributed by atoms with Crippen LogP contribution in [0.25, 0.3) is 0 Å². The van der Waals surface area contributed by atoms with Crippen molar-refractivity contribution in [1.29, 1.82) is 0 Å². The number of ether oxygens (including phenoxy) is 2. The second kappa shape index (κ2) is 5.49. The monoisotopic (exact) mass is 270 g/mol. The second-order valence-electron chi connectivity index (χ2n) is 5.14. The Bertz CT molecular complexity index is 396. The Labute approximate surface area is 112 Å². The van der Waals surface area contributed by atoms with Crippen LogP contribution in [0.3, 0.4) is 0 Å². The topological polar surface area (TPSA) is 36.3 Å². The first kappa shape index (κ1) is 12.3. The van der Waals surface area contributed by atoms with Gasteiger partial charge < -0.3 is 9.47 Å². The Hall–Kier alpha value is -0.740. The van der Waals surface area contributed by atoms with Crippen molar-refractivity contribution in [2.45, 2.75) is 50.7 Å². The van der Waals surface area contributed by atoms with Crippen LogP contribution >= 0.6 is 11.6 Å². The second-order valence-corrected chi connectivity index (χ2v) is 5.50. The van der Waals surface area contributed by atoms with Gasteiger partial charge in [-0.25, -0.2) is 4.68 Å². The van der Waals surface area contributed by atoms with Gasteiger partial charge in [0.2, 0.25) is 0 Å². The van der Waals surface area contributed by atoms with E-state index >= 15 is 0 Å². The van der Waals surface area contributed by atoms with Crippen molar-refractivity contribution < 1.29 is 9.47 Å². The molecule has 1 aliphatic heterocycles. The van der Waals surface area contributed by atoms with E-state index < -0.39 is 0 Å². The summed E-state index contributed by atoms with van der Waals surface area (Å²) in [5.74, 6) is 0.731. The molecule has 0 spiro atoms. The van der Waals surface area contributed by atoms with Crippen LogP contribution in [0.5, 0.6) is 5.75 Å². The molecule has 100 valence electrons. The first-order valence-electron chi connectivity index (χ1n) is 6.82. The molecule has 1 saturated heterocycles. The van der Waals surface area contributed by atoms with Crippen LogP contribution in [-0.4, -0.2) is 29.1 Å². The van der Waals surface area contributed by atoms with Gasteiger partial charge >= 0.3 is 0 Å². The molecule has 1 aliphatic carbocycles. The molecule has 18 heavy (non-hydrogen) atoms. The molecule has 1 atom stereocenters. The SMILES string of the molecule is Clc1c(OC2CCCC2)cnn1C1CCCOC1. The number of halogens is 1. The van der Waals surface area contributed by atoms with E-state index in [1.807, 2.05) is 4.68 Å². The maximum absolute atomic E-state index is 6.36. The fourth-order valence-corrected chi connectivity index (χ4v) is 3.04. The van der Waals surface area contributed by atoms with Gasteiger partial charge in [-0.15, -0.1) is 0 Å². The largest absolute Gasteiger partial charge is 0.486 e. The zero-order valence-corrected chi connectivity index (χ0v) is 11.2. The highest BCUT2D eigenvalue weighted by Gasteiger charge is 2.23. The van der Waals surface area contributed by atoms with E-state index in [1.54, 1.807) is 6.20 Å². The van der Waals surface area contributed by atoms with Gasteiger partial charge in [0.05, 0.1) is 24.9 Å². The van der Waals surface area contributed by atoms with Crippen LogP contribution in [-0.2, 0) is 4.74 Å². The van der Waals surface area contributed by atoms with E-state index in [0.29, 0.717) is 17.9 Å². The van der Waals surface area contributed by atoms with Crippen molar-refractivity contribution in [2.24, 2.45) is 0 Å². The molecule has 3 rings (SSSR count). The smallest absolute Gasteiger partial charge is 0.176 e. The summed E-state index contributed by atoms with van der Waals surface area (Å²) in [4.78, 5) is 0. The maximum atomic E-state index is 6.36. The summed E-state index contributed by atoms with van der Waals surface area (Å²) >= 11 is 6.36. The van der Waals surface area contributed by atoms with Crippen molar-refractivity contribution >= 4 is 11.6 Å². The molecular weight excluding hydrogens is 252 g/mol. The normalized spacial score (nSPS) is 25.5. The average Bonchev–Trinajstić information content (AvgIpc) is 3.03. The molecule has 4 nitrogen and oxygen atoms in total. The Balaban J connectivity index is 1.70. The van der Waals surface area contributed by atoms with E-state index in [9.17, 15) is 0 Å². The molecule has 2 aliphatic rings. The first-order chi connectivity index (χ1) is 8.84. The van der Waals surface area contributed by atoms with Gasteiger partial charge in [-0.05, 0) is 38.5 Å². The van der Waals surface area contributed by atoms with Crippen LogP contribution in [0.4, 0.5) is 0 Å². The fourth-order valence-electron chi connectivity index (χ4n) is 2.77. The molecule has 5 heteroatoms. The molecule has 1 saturated carbocycles. The minimum Gasteiger partial charge on any atom is -0.486 e. The van der Waals surface area contributed by atoms with E-state index in [2.05, 4.69) is 5.10 Å².